The molecule has 0 saturated heterocycles. The number of carbonyl (C=O) groups excluding carboxylic acids is 1. The van der Waals surface area contributed by atoms with Crippen molar-refractivity contribution in [3.8, 4) is 5.75 Å². The normalized spacial score (nSPS) is 11.0. The van der Waals surface area contributed by atoms with Gasteiger partial charge >= 0.3 is 114 Å². The van der Waals surface area contributed by atoms with Crippen molar-refractivity contribution in [2.24, 2.45) is 5.92 Å². The number of phenolic OH excluding ortho intramolecular Hbond substituents is 1. The van der Waals surface area contributed by atoms with Gasteiger partial charge in [0.25, 0.3) is 0 Å². The molecule has 0 aliphatic rings. The maximum Gasteiger partial charge on any atom is 0.133 e. The maximum absolute atomic E-state index is 11.6. The second kappa shape index (κ2) is 8.89. The predicted molar refractivity (Wildman–Crippen MR) is 92.7 cm³/mol. The Kier molecular flexibility index (Phi) is 7.48. The summed E-state index contributed by atoms with van der Waals surface area (Å²) in [6.07, 6.45) is 1.62. The molecule has 0 unspecified atom stereocenters. The van der Waals surface area contributed by atoms with Crippen LogP contribution in [0.2, 0.25) is 0 Å². The van der Waals surface area contributed by atoms with Gasteiger partial charge in [-0.1, -0.05) is 5.16 Å². The van der Waals surface area contributed by atoms with Gasteiger partial charge in [0.1, 0.15) is 5.76 Å². The first-order chi connectivity index (χ1) is 11.5. The van der Waals surface area contributed by atoms with Crippen LogP contribution in [-0.4, -0.2) is 45.1 Å². The molecule has 0 saturated carbocycles. The molecular formula is C16H23AsN2O6. The standard InChI is InChI=1S/C12H18AsNO5.C4H5NO/c1-8(2)7-14(9(3)15)11-6-10(13(17,18)19)4-5-12(11)16;1-4-2-3-5-6-4/h4-6,8,16H,7H2,1-3H3,(H2,17,18,19);2-3H,1H3. The number of nitrogens with zero attached hydrogens (tertiary/aromatic N) is 2. The zero-order valence-corrected chi connectivity index (χ0v) is 16.5. The van der Waals surface area contributed by atoms with E-state index >= 15 is 0 Å². The summed E-state index contributed by atoms with van der Waals surface area (Å²) in [5.74, 6) is 0.546. The third-order valence-electron chi connectivity index (χ3n) is 3.08. The van der Waals surface area contributed by atoms with Crippen LogP contribution in [0.25, 0.3) is 0 Å². The molecule has 8 nitrogen and oxygen atoms in total. The molecule has 1 amide bonds. The molecule has 0 spiro atoms. The molecule has 0 atom stereocenters. The van der Waals surface area contributed by atoms with Crippen LogP contribution in [-0.2, 0) is 8.53 Å². The number of amides is 1. The summed E-state index contributed by atoms with van der Waals surface area (Å²) in [7, 11) is 0. The number of carbonyl (C=O) groups is 1. The molecule has 0 bridgehead atoms. The van der Waals surface area contributed by atoms with E-state index in [1.54, 1.807) is 12.3 Å². The van der Waals surface area contributed by atoms with Gasteiger partial charge in [0, 0.05) is 6.07 Å². The molecule has 1 aromatic carbocycles. The fourth-order valence-corrected chi connectivity index (χ4v) is 3.12. The second-order valence-corrected chi connectivity index (χ2v) is 9.23. The topological polar surface area (TPSA) is 124 Å². The van der Waals surface area contributed by atoms with E-state index in [2.05, 4.69) is 9.68 Å². The number of benzene rings is 1. The minimum Gasteiger partial charge on any atom is -0.362 e. The molecule has 2 aromatic rings. The monoisotopic (exact) mass is 414 g/mol. The number of rotatable bonds is 4. The van der Waals surface area contributed by atoms with Crippen LogP contribution < -0.4 is 9.25 Å². The fraction of sp³-hybridized carbons (Fsp3) is 0.375. The third kappa shape index (κ3) is 6.78. The summed E-state index contributed by atoms with van der Waals surface area (Å²) in [5, 5.41) is 13.2. The molecule has 0 aliphatic heterocycles. The first-order valence-corrected chi connectivity index (χ1v) is 10.9. The van der Waals surface area contributed by atoms with Gasteiger partial charge in [0.15, 0.2) is 0 Å². The fourth-order valence-electron chi connectivity index (χ4n) is 1.95. The van der Waals surface area contributed by atoms with Gasteiger partial charge in [-0.3, -0.25) is 0 Å². The summed E-state index contributed by atoms with van der Waals surface area (Å²) in [5.41, 5.74) is 0.128. The van der Waals surface area contributed by atoms with Crippen LogP contribution in [0.3, 0.4) is 0 Å². The van der Waals surface area contributed by atoms with Crippen molar-refractivity contribution in [3.05, 3.63) is 36.2 Å². The van der Waals surface area contributed by atoms with E-state index in [1.165, 1.54) is 30.0 Å². The summed E-state index contributed by atoms with van der Waals surface area (Å²) >= 11 is -5.05. The van der Waals surface area contributed by atoms with Crippen LogP contribution in [0, 0.1) is 12.8 Å². The Hall–Kier alpha value is -2.02. The average molecular weight is 414 g/mol. The Morgan fingerprint density at radius 1 is 1.32 bits per heavy atom. The largest absolute Gasteiger partial charge is 0.362 e. The Labute approximate surface area is 149 Å². The molecule has 9 heteroatoms. The molecule has 0 radical (unpaired) electrons. The van der Waals surface area contributed by atoms with Gasteiger partial charge in [-0.15, -0.1) is 0 Å². The number of phenols is 1. The Bertz CT molecular complexity index is 739. The first kappa shape index (κ1) is 21.0. The second-order valence-electron chi connectivity index (χ2n) is 5.86. The number of hydrogen-bond acceptors (Lipinski definition) is 5. The van der Waals surface area contributed by atoms with Crippen LogP contribution >= 0.6 is 0 Å². The predicted octanol–water partition coefficient (Wildman–Crippen LogP) is 0.945. The van der Waals surface area contributed by atoms with Crippen LogP contribution in [0.1, 0.15) is 26.5 Å². The SMILES string of the molecule is CC(=O)N(CC(C)C)c1cc([As](=O)(O)O)ccc1O.Cc1ccno1. The number of aromatic hydroxyl groups is 1. The zero-order chi connectivity index (χ0) is 19.2. The van der Waals surface area contributed by atoms with Crippen LogP contribution in [0.4, 0.5) is 5.69 Å². The Morgan fingerprint density at radius 2 is 1.96 bits per heavy atom. The summed E-state index contributed by atoms with van der Waals surface area (Å²) in [6, 6.07) is 5.35. The Morgan fingerprint density at radius 3 is 2.32 bits per heavy atom. The van der Waals surface area contributed by atoms with E-state index in [0.29, 0.717) is 6.54 Å². The van der Waals surface area contributed by atoms with E-state index in [4.69, 9.17) is 0 Å². The van der Waals surface area contributed by atoms with E-state index in [0.717, 1.165) is 5.76 Å². The average Bonchev–Trinajstić information content (AvgIpc) is 2.95. The van der Waals surface area contributed by atoms with Gasteiger partial charge in [0.2, 0.25) is 0 Å². The van der Waals surface area contributed by atoms with Crippen molar-refractivity contribution in [1.82, 2.24) is 5.16 Å². The minimum atomic E-state index is -5.05. The quantitative estimate of drug-likeness (QED) is 0.637. The van der Waals surface area contributed by atoms with Gasteiger partial charge in [-0.2, -0.15) is 0 Å². The number of anilines is 1. The number of aryl methyl sites for hydroxylation is 1. The van der Waals surface area contributed by atoms with Crippen molar-refractivity contribution < 1.29 is 26.4 Å². The number of hydrogen-bond donors (Lipinski definition) is 3. The van der Waals surface area contributed by atoms with Gasteiger partial charge < -0.3 is 4.52 Å². The summed E-state index contributed by atoms with van der Waals surface area (Å²) < 4.78 is 34.1. The van der Waals surface area contributed by atoms with E-state index < -0.39 is 14.2 Å². The number of aromatic nitrogens is 1. The smallest absolute Gasteiger partial charge is 0.133 e. The molecule has 0 fully saturated rings. The molecular weight excluding hydrogens is 391 g/mol. The van der Waals surface area contributed by atoms with E-state index in [1.807, 2.05) is 20.8 Å². The zero-order valence-electron chi connectivity index (χ0n) is 14.6. The summed E-state index contributed by atoms with van der Waals surface area (Å²) in [4.78, 5) is 12.9. The molecule has 25 heavy (non-hydrogen) atoms. The first-order valence-electron chi connectivity index (χ1n) is 7.57. The van der Waals surface area contributed by atoms with Crippen molar-refractivity contribution in [2.45, 2.75) is 27.7 Å². The minimum absolute atomic E-state index is 0.128. The molecule has 2 rings (SSSR count). The Balaban J connectivity index is 0.000000435. The summed E-state index contributed by atoms with van der Waals surface area (Å²) in [6.45, 7) is 7.37. The van der Waals surface area contributed by atoms with E-state index in [9.17, 15) is 21.8 Å². The van der Waals surface area contributed by atoms with Gasteiger partial charge in [0.05, 0.1) is 6.20 Å². The molecule has 0 aliphatic carbocycles. The molecule has 1 heterocycles. The molecule has 3 N–H and O–H groups in total. The van der Waals surface area contributed by atoms with Gasteiger partial charge in [-0.25, -0.2) is 0 Å². The van der Waals surface area contributed by atoms with Crippen molar-refractivity contribution in [2.75, 3.05) is 11.4 Å². The molecule has 138 valence electrons. The van der Waals surface area contributed by atoms with Crippen molar-refractivity contribution >= 4 is 30.1 Å². The maximum atomic E-state index is 11.6. The van der Waals surface area contributed by atoms with Gasteiger partial charge in [-0.05, 0) is 6.92 Å². The third-order valence-corrected chi connectivity index (χ3v) is 5.08. The van der Waals surface area contributed by atoms with Crippen LogP contribution in [0.15, 0.2) is 35.0 Å². The van der Waals surface area contributed by atoms with Crippen molar-refractivity contribution in [3.63, 3.8) is 0 Å². The van der Waals surface area contributed by atoms with Crippen molar-refractivity contribution in [1.29, 1.82) is 0 Å². The molecule has 1 aromatic heterocycles. The van der Waals surface area contributed by atoms with E-state index in [-0.39, 0.29) is 27.6 Å². The van der Waals surface area contributed by atoms with Crippen LogP contribution in [0.5, 0.6) is 5.75 Å².